The van der Waals surface area contributed by atoms with Gasteiger partial charge in [0.1, 0.15) is 0 Å². The van der Waals surface area contributed by atoms with Crippen molar-refractivity contribution in [2.45, 2.75) is 51.0 Å². The van der Waals surface area contributed by atoms with Crippen LogP contribution in [0.3, 0.4) is 0 Å². The minimum Gasteiger partial charge on any atom is -0.393 e. The third kappa shape index (κ3) is 4.38. The molecular formula is C11H22N2S. The van der Waals surface area contributed by atoms with Crippen molar-refractivity contribution in [2.75, 3.05) is 13.6 Å². The molecule has 0 aromatic rings. The zero-order valence-electron chi connectivity index (χ0n) is 9.17. The van der Waals surface area contributed by atoms with Gasteiger partial charge in [-0.2, -0.15) is 0 Å². The predicted octanol–water partition coefficient (Wildman–Crippen LogP) is 2.32. The topological polar surface area (TPSA) is 29.3 Å². The number of nitrogens with zero attached hydrogens (tertiary/aromatic N) is 1. The number of hydrogen-bond acceptors (Lipinski definition) is 2. The Bertz CT molecular complexity index is 176. The van der Waals surface area contributed by atoms with E-state index < -0.39 is 0 Å². The molecule has 0 unspecified atom stereocenters. The molecule has 1 saturated carbocycles. The van der Waals surface area contributed by atoms with Gasteiger partial charge in [-0.1, -0.05) is 31.5 Å². The zero-order chi connectivity index (χ0) is 10.4. The second-order valence-corrected chi connectivity index (χ2v) is 4.87. The maximum Gasteiger partial charge on any atom is 0.0727 e. The minimum absolute atomic E-state index is 0.655. The van der Waals surface area contributed by atoms with E-state index in [9.17, 15) is 0 Å². The van der Waals surface area contributed by atoms with E-state index in [0.717, 1.165) is 25.4 Å². The molecule has 0 aromatic heterocycles. The summed E-state index contributed by atoms with van der Waals surface area (Å²) >= 11 is 4.86. The molecule has 0 heterocycles. The Labute approximate surface area is 92.8 Å². The molecule has 1 aliphatic rings. The molecule has 1 rings (SSSR count). The number of rotatable bonds is 5. The van der Waals surface area contributed by atoms with Crippen molar-refractivity contribution >= 4 is 17.2 Å². The van der Waals surface area contributed by atoms with Gasteiger partial charge in [-0.3, -0.25) is 0 Å². The van der Waals surface area contributed by atoms with Gasteiger partial charge in [0.25, 0.3) is 0 Å². The summed E-state index contributed by atoms with van der Waals surface area (Å²) < 4.78 is 0. The molecule has 0 spiro atoms. The van der Waals surface area contributed by atoms with Crippen LogP contribution in [0.1, 0.15) is 44.9 Å². The van der Waals surface area contributed by atoms with Crippen molar-refractivity contribution in [1.29, 1.82) is 0 Å². The average molecular weight is 214 g/mol. The fourth-order valence-electron chi connectivity index (χ4n) is 2.21. The van der Waals surface area contributed by atoms with Gasteiger partial charge >= 0.3 is 0 Å². The highest BCUT2D eigenvalue weighted by atomic mass is 32.1. The summed E-state index contributed by atoms with van der Waals surface area (Å²) in [5.74, 6) is 0. The standard InChI is InChI=1S/C11H22N2S/c1-13(9-5-8-11(12)14)10-6-3-2-4-7-10/h10H,2-9H2,1H3,(H2,12,14). The highest BCUT2D eigenvalue weighted by Gasteiger charge is 2.17. The van der Waals surface area contributed by atoms with E-state index in [0.29, 0.717) is 4.99 Å². The second-order valence-electron chi connectivity index (χ2n) is 4.34. The van der Waals surface area contributed by atoms with Gasteiger partial charge < -0.3 is 10.6 Å². The maximum absolute atomic E-state index is 5.47. The van der Waals surface area contributed by atoms with Crippen LogP contribution in [0.4, 0.5) is 0 Å². The molecule has 2 nitrogen and oxygen atoms in total. The molecule has 0 amide bonds. The van der Waals surface area contributed by atoms with Crippen molar-refractivity contribution in [3.63, 3.8) is 0 Å². The predicted molar refractivity (Wildman–Crippen MR) is 65.5 cm³/mol. The van der Waals surface area contributed by atoms with E-state index in [1.807, 2.05) is 0 Å². The number of nitrogens with two attached hydrogens (primary N) is 1. The van der Waals surface area contributed by atoms with Crippen LogP contribution in [0, 0.1) is 0 Å². The number of hydrogen-bond donors (Lipinski definition) is 1. The van der Waals surface area contributed by atoms with Crippen LogP contribution in [0.2, 0.25) is 0 Å². The van der Waals surface area contributed by atoms with E-state index in [4.69, 9.17) is 18.0 Å². The van der Waals surface area contributed by atoms with E-state index >= 15 is 0 Å². The van der Waals surface area contributed by atoms with Crippen molar-refractivity contribution in [3.05, 3.63) is 0 Å². The molecule has 0 saturated heterocycles. The van der Waals surface area contributed by atoms with Crippen LogP contribution in [0.25, 0.3) is 0 Å². The van der Waals surface area contributed by atoms with Gasteiger partial charge in [0.15, 0.2) is 0 Å². The lowest BCUT2D eigenvalue weighted by Crippen LogP contribution is -2.34. The Morgan fingerprint density at radius 2 is 2.00 bits per heavy atom. The van der Waals surface area contributed by atoms with E-state index in [-0.39, 0.29) is 0 Å². The lowest BCUT2D eigenvalue weighted by molar-refractivity contribution is 0.191. The first-order valence-electron chi connectivity index (χ1n) is 5.68. The summed E-state index contributed by atoms with van der Waals surface area (Å²) in [5, 5.41) is 0. The van der Waals surface area contributed by atoms with Crippen LogP contribution in [0.5, 0.6) is 0 Å². The maximum atomic E-state index is 5.47. The first kappa shape index (κ1) is 11.9. The first-order valence-corrected chi connectivity index (χ1v) is 6.09. The fourth-order valence-corrected chi connectivity index (χ4v) is 2.35. The van der Waals surface area contributed by atoms with E-state index in [2.05, 4.69) is 11.9 Å². The first-order chi connectivity index (χ1) is 6.70. The number of thiocarbonyl (C=S) groups is 1. The molecule has 0 aliphatic heterocycles. The minimum atomic E-state index is 0.655. The molecule has 0 aromatic carbocycles. The van der Waals surface area contributed by atoms with E-state index in [1.54, 1.807) is 0 Å². The van der Waals surface area contributed by atoms with Crippen LogP contribution in [0.15, 0.2) is 0 Å². The average Bonchev–Trinajstić information content (AvgIpc) is 2.18. The quantitative estimate of drug-likeness (QED) is 0.712. The van der Waals surface area contributed by atoms with Crippen LogP contribution in [-0.4, -0.2) is 29.5 Å². The lowest BCUT2D eigenvalue weighted by atomic mass is 9.94. The van der Waals surface area contributed by atoms with Crippen molar-refractivity contribution < 1.29 is 0 Å². The summed E-state index contributed by atoms with van der Waals surface area (Å²) in [6.07, 6.45) is 9.01. The lowest BCUT2D eigenvalue weighted by Gasteiger charge is -2.31. The van der Waals surface area contributed by atoms with Crippen molar-refractivity contribution in [2.24, 2.45) is 5.73 Å². The molecule has 0 atom stereocenters. The third-order valence-corrected chi connectivity index (χ3v) is 3.34. The van der Waals surface area contributed by atoms with Gasteiger partial charge in [0.05, 0.1) is 4.99 Å². The van der Waals surface area contributed by atoms with Crippen molar-refractivity contribution in [3.8, 4) is 0 Å². The molecule has 1 fully saturated rings. The Hall–Kier alpha value is -0.150. The van der Waals surface area contributed by atoms with Crippen molar-refractivity contribution in [1.82, 2.24) is 4.90 Å². The van der Waals surface area contributed by atoms with Gasteiger partial charge in [0, 0.05) is 6.04 Å². The highest BCUT2D eigenvalue weighted by molar-refractivity contribution is 7.80. The second kappa shape index (κ2) is 6.36. The molecular weight excluding hydrogens is 192 g/mol. The van der Waals surface area contributed by atoms with Gasteiger partial charge in [-0.25, -0.2) is 0 Å². The van der Waals surface area contributed by atoms with Crippen LogP contribution in [-0.2, 0) is 0 Å². The summed E-state index contributed by atoms with van der Waals surface area (Å²) in [6.45, 7) is 1.14. The van der Waals surface area contributed by atoms with Crippen LogP contribution >= 0.6 is 12.2 Å². The van der Waals surface area contributed by atoms with Crippen LogP contribution < -0.4 is 5.73 Å². The molecule has 14 heavy (non-hydrogen) atoms. The SMILES string of the molecule is CN(CCCC(N)=S)C1CCCCC1. The molecule has 0 bridgehead atoms. The molecule has 3 heteroatoms. The molecule has 2 N–H and O–H groups in total. The highest BCUT2D eigenvalue weighted by Crippen LogP contribution is 2.21. The monoisotopic (exact) mass is 214 g/mol. The Balaban J connectivity index is 2.13. The normalized spacial score (nSPS) is 18.7. The molecule has 1 aliphatic carbocycles. The molecule has 82 valence electrons. The Morgan fingerprint density at radius 3 is 2.57 bits per heavy atom. The Morgan fingerprint density at radius 1 is 1.36 bits per heavy atom. The Kier molecular flexibility index (Phi) is 5.41. The summed E-state index contributed by atoms with van der Waals surface area (Å²) in [7, 11) is 2.23. The van der Waals surface area contributed by atoms with Gasteiger partial charge in [-0.15, -0.1) is 0 Å². The summed E-state index contributed by atoms with van der Waals surface area (Å²) in [4.78, 5) is 3.14. The third-order valence-electron chi connectivity index (χ3n) is 3.13. The fraction of sp³-hybridized carbons (Fsp3) is 0.909. The van der Waals surface area contributed by atoms with E-state index in [1.165, 1.54) is 32.1 Å². The molecule has 0 radical (unpaired) electrons. The van der Waals surface area contributed by atoms with Gasteiger partial charge in [0.2, 0.25) is 0 Å². The zero-order valence-corrected chi connectivity index (χ0v) is 9.98. The summed E-state index contributed by atoms with van der Waals surface area (Å²) in [5.41, 5.74) is 5.47. The summed E-state index contributed by atoms with van der Waals surface area (Å²) in [6, 6.07) is 0.815. The largest absolute Gasteiger partial charge is 0.393 e. The smallest absolute Gasteiger partial charge is 0.0727 e. The van der Waals surface area contributed by atoms with Gasteiger partial charge in [-0.05, 0) is 39.3 Å².